The van der Waals surface area contributed by atoms with Crippen LogP contribution in [0.2, 0.25) is 0 Å². The van der Waals surface area contributed by atoms with E-state index in [1.165, 1.54) is 17.3 Å². The molecule has 1 aliphatic heterocycles. The molecule has 0 saturated carbocycles. The first kappa shape index (κ1) is 15.5. The maximum absolute atomic E-state index is 11.8. The van der Waals surface area contributed by atoms with Crippen LogP contribution in [0.4, 0.5) is 0 Å². The largest absolute Gasteiger partial charge is 0.395 e. The van der Waals surface area contributed by atoms with E-state index in [9.17, 15) is 19.8 Å². The van der Waals surface area contributed by atoms with Crippen molar-refractivity contribution in [2.24, 2.45) is 0 Å². The summed E-state index contributed by atoms with van der Waals surface area (Å²) in [5, 5.41) is 27.5. The minimum Gasteiger partial charge on any atom is -0.395 e. The molecule has 2 rings (SSSR count). The summed E-state index contributed by atoms with van der Waals surface area (Å²) in [5.74, 6) is 0. The fourth-order valence-electron chi connectivity index (χ4n) is 1.99. The highest BCUT2D eigenvalue weighted by molar-refractivity contribution is 9.11. The van der Waals surface area contributed by atoms with Crippen molar-refractivity contribution in [3.05, 3.63) is 37.6 Å². The molecule has 2 unspecified atom stereocenters. The van der Waals surface area contributed by atoms with Gasteiger partial charge in [0.25, 0.3) is 5.56 Å². The number of hydrogen-bond acceptors (Lipinski definition) is 6. The lowest BCUT2D eigenvalue weighted by atomic mass is 10.1. The zero-order valence-electron chi connectivity index (χ0n) is 10.1. The summed E-state index contributed by atoms with van der Waals surface area (Å²) >= 11 is 4.12. The van der Waals surface area contributed by atoms with Gasteiger partial charge in [-0.25, -0.2) is 4.79 Å². The normalized spacial score (nSPS) is 30.2. The van der Waals surface area contributed by atoms with Crippen molar-refractivity contribution in [1.82, 2.24) is 9.55 Å². The molecule has 1 aromatic rings. The van der Waals surface area contributed by atoms with Crippen LogP contribution in [0.3, 0.4) is 0 Å². The summed E-state index contributed by atoms with van der Waals surface area (Å²) in [6, 6.07) is 0. The van der Waals surface area contributed by atoms with Gasteiger partial charge in [-0.2, -0.15) is 0 Å². The molecular formula is C11H13BrN2O5S. The molecule has 0 aromatic carbocycles. The van der Waals surface area contributed by atoms with E-state index in [-0.39, 0.29) is 12.2 Å². The van der Waals surface area contributed by atoms with Crippen molar-refractivity contribution < 1.29 is 15.3 Å². The van der Waals surface area contributed by atoms with Gasteiger partial charge in [-0.15, -0.1) is 11.8 Å². The standard InChI is InChI=1S/C11H13BrN2O5S/c12-2-1-5-3-14(11(19)13-9(5)18)10-8(17)7(16)6(4-15)20-10/h1-3,6-8,10,15-17H,4H2,(H,13,18,19)/b2-1+/t6-,7?,8?,10+/m0/s1. The van der Waals surface area contributed by atoms with Gasteiger partial charge in [0.1, 0.15) is 11.5 Å². The number of halogens is 1. The van der Waals surface area contributed by atoms with E-state index in [1.807, 2.05) is 0 Å². The molecule has 0 amide bonds. The Balaban J connectivity index is 2.46. The molecule has 0 bridgehead atoms. The van der Waals surface area contributed by atoms with Gasteiger partial charge in [-0.05, 0) is 11.1 Å². The van der Waals surface area contributed by atoms with Crippen LogP contribution in [0.5, 0.6) is 0 Å². The molecule has 9 heteroatoms. The molecule has 7 nitrogen and oxygen atoms in total. The van der Waals surface area contributed by atoms with Gasteiger partial charge < -0.3 is 15.3 Å². The van der Waals surface area contributed by atoms with Crippen molar-refractivity contribution in [3.63, 3.8) is 0 Å². The Kier molecular flexibility index (Phi) is 4.86. The lowest BCUT2D eigenvalue weighted by Gasteiger charge is -2.17. The molecule has 1 aromatic heterocycles. The molecule has 1 saturated heterocycles. The maximum atomic E-state index is 11.8. The minimum atomic E-state index is -1.21. The Morgan fingerprint density at radius 1 is 1.40 bits per heavy atom. The molecule has 2 heterocycles. The van der Waals surface area contributed by atoms with Crippen molar-refractivity contribution in [2.75, 3.05) is 6.61 Å². The van der Waals surface area contributed by atoms with E-state index in [1.54, 1.807) is 0 Å². The molecule has 0 radical (unpaired) electrons. The average Bonchev–Trinajstić information content (AvgIpc) is 2.70. The quantitative estimate of drug-likeness (QED) is 0.559. The zero-order chi connectivity index (χ0) is 14.9. The smallest absolute Gasteiger partial charge is 0.329 e. The molecule has 0 spiro atoms. The minimum absolute atomic E-state index is 0.233. The van der Waals surface area contributed by atoms with Gasteiger partial charge in [0.05, 0.1) is 23.5 Å². The number of aliphatic hydroxyl groups excluding tert-OH is 3. The highest BCUT2D eigenvalue weighted by Gasteiger charge is 2.43. The number of rotatable bonds is 3. The predicted octanol–water partition coefficient (Wildman–Crippen LogP) is -0.770. The van der Waals surface area contributed by atoms with E-state index in [0.717, 1.165) is 16.3 Å². The monoisotopic (exact) mass is 364 g/mol. The summed E-state index contributed by atoms with van der Waals surface area (Å²) in [5.41, 5.74) is -0.987. The van der Waals surface area contributed by atoms with E-state index >= 15 is 0 Å². The van der Waals surface area contributed by atoms with Crippen molar-refractivity contribution in [1.29, 1.82) is 0 Å². The summed E-state index contributed by atoms with van der Waals surface area (Å²) < 4.78 is 1.15. The van der Waals surface area contributed by atoms with E-state index < -0.39 is 34.1 Å². The second kappa shape index (κ2) is 6.27. The highest BCUT2D eigenvalue weighted by Crippen LogP contribution is 2.40. The summed E-state index contributed by atoms with van der Waals surface area (Å²) in [6.45, 7) is -0.314. The van der Waals surface area contributed by atoms with Gasteiger partial charge in [-0.3, -0.25) is 14.3 Å². The number of H-pyrrole nitrogens is 1. The third-order valence-electron chi connectivity index (χ3n) is 3.03. The Morgan fingerprint density at radius 2 is 2.10 bits per heavy atom. The average molecular weight is 365 g/mol. The Morgan fingerprint density at radius 3 is 2.65 bits per heavy atom. The number of aromatic amines is 1. The topological polar surface area (TPSA) is 116 Å². The second-order valence-electron chi connectivity index (χ2n) is 4.27. The third-order valence-corrected chi connectivity index (χ3v) is 4.86. The first-order valence-electron chi connectivity index (χ1n) is 5.74. The molecule has 1 fully saturated rings. The third kappa shape index (κ3) is 2.77. The van der Waals surface area contributed by atoms with Crippen molar-refractivity contribution in [2.45, 2.75) is 22.8 Å². The molecule has 0 aliphatic carbocycles. The predicted molar refractivity (Wildman–Crippen MR) is 78.8 cm³/mol. The number of aromatic nitrogens is 2. The summed E-state index contributed by atoms with van der Waals surface area (Å²) in [6.07, 6.45) is 0.429. The molecule has 4 atom stereocenters. The van der Waals surface area contributed by atoms with Crippen LogP contribution in [0.15, 0.2) is 20.8 Å². The molecule has 4 N–H and O–H groups in total. The van der Waals surface area contributed by atoms with Gasteiger partial charge >= 0.3 is 5.69 Å². The number of thioether (sulfide) groups is 1. The number of nitrogens with one attached hydrogen (secondary N) is 1. The number of aliphatic hydroxyl groups is 3. The van der Waals surface area contributed by atoms with E-state index in [4.69, 9.17) is 5.11 Å². The van der Waals surface area contributed by atoms with Crippen molar-refractivity contribution >= 4 is 33.8 Å². The van der Waals surface area contributed by atoms with Crippen LogP contribution in [0.1, 0.15) is 10.9 Å². The lowest BCUT2D eigenvalue weighted by Crippen LogP contribution is -2.38. The molecule has 110 valence electrons. The zero-order valence-corrected chi connectivity index (χ0v) is 12.5. The maximum Gasteiger partial charge on any atom is 0.329 e. The van der Waals surface area contributed by atoms with Crippen LogP contribution in [-0.4, -0.2) is 48.9 Å². The molecule has 1 aliphatic rings. The first-order valence-corrected chi connectivity index (χ1v) is 7.60. The first-order chi connectivity index (χ1) is 9.49. The lowest BCUT2D eigenvalue weighted by molar-refractivity contribution is 0.0101. The van der Waals surface area contributed by atoms with E-state index in [0.29, 0.717) is 0 Å². The van der Waals surface area contributed by atoms with Crippen LogP contribution in [0, 0.1) is 0 Å². The second-order valence-corrected chi connectivity index (χ2v) is 6.16. The van der Waals surface area contributed by atoms with Crippen LogP contribution >= 0.6 is 27.7 Å². The van der Waals surface area contributed by atoms with Gasteiger partial charge in [-0.1, -0.05) is 15.9 Å². The number of nitrogens with zero attached hydrogens (tertiary/aromatic N) is 1. The SMILES string of the molecule is O=c1[nH]c(=O)n([C@@H]2S[C@@H](CO)C(O)C2O)cc1/C=C/Br. The Hall–Kier alpha value is -0.870. The van der Waals surface area contributed by atoms with Crippen LogP contribution in [0.25, 0.3) is 6.08 Å². The van der Waals surface area contributed by atoms with Crippen molar-refractivity contribution in [3.8, 4) is 0 Å². The Bertz CT molecular complexity index is 628. The van der Waals surface area contributed by atoms with Gasteiger partial charge in [0.2, 0.25) is 0 Å². The van der Waals surface area contributed by atoms with Crippen LogP contribution in [-0.2, 0) is 0 Å². The van der Waals surface area contributed by atoms with E-state index in [2.05, 4.69) is 20.9 Å². The highest BCUT2D eigenvalue weighted by atomic mass is 79.9. The van der Waals surface area contributed by atoms with Crippen LogP contribution < -0.4 is 11.2 Å². The summed E-state index contributed by atoms with van der Waals surface area (Å²) in [4.78, 5) is 27.0. The fourth-order valence-corrected chi connectivity index (χ4v) is 3.65. The Labute approximate surface area is 126 Å². The summed E-state index contributed by atoms with van der Waals surface area (Å²) in [7, 11) is 0. The van der Waals surface area contributed by atoms with Gasteiger partial charge in [0.15, 0.2) is 0 Å². The number of hydrogen-bond donors (Lipinski definition) is 4. The van der Waals surface area contributed by atoms with Gasteiger partial charge in [0, 0.05) is 6.20 Å². The molecular weight excluding hydrogens is 352 g/mol. The molecule has 20 heavy (non-hydrogen) atoms. The fraction of sp³-hybridized carbons (Fsp3) is 0.455.